The third-order valence-corrected chi connectivity index (χ3v) is 2.32. The molecule has 2 N–H and O–H groups in total. The summed E-state index contributed by atoms with van der Waals surface area (Å²) in [4.78, 5) is 15.3. The summed E-state index contributed by atoms with van der Waals surface area (Å²) in [6.45, 7) is 1.96. The highest BCUT2D eigenvalue weighted by molar-refractivity contribution is 5.84. The molecule has 0 aliphatic rings. The Labute approximate surface area is 104 Å². The Morgan fingerprint density at radius 3 is 2.83 bits per heavy atom. The Bertz CT molecular complexity index is 524. The van der Waals surface area contributed by atoms with Crippen molar-refractivity contribution in [2.45, 2.75) is 13.0 Å². The summed E-state index contributed by atoms with van der Waals surface area (Å²) in [5.41, 5.74) is 6.79. The molecule has 0 bridgehead atoms. The van der Waals surface area contributed by atoms with Crippen molar-refractivity contribution in [2.75, 3.05) is 6.61 Å². The number of aromatic nitrogens is 2. The molecule has 0 aliphatic carbocycles. The molecule has 0 amide bonds. The van der Waals surface area contributed by atoms with E-state index in [9.17, 15) is 4.79 Å². The average molecular weight is 247 g/mol. The Morgan fingerprint density at radius 2 is 2.17 bits per heavy atom. The molecule has 0 aliphatic heterocycles. The van der Waals surface area contributed by atoms with Crippen LogP contribution in [0.15, 0.2) is 34.9 Å². The lowest BCUT2D eigenvalue weighted by atomic mass is 10.1. The van der Waals surface area contributed by atoms with E-state index in [-0.39, 0.29) is 18.3 Å². The monoisotopic (exact) mass is 247 g/mol. The molecule has 0 spiro atoms. The molecular weight excluding hydrogens is 234 g/mol. The van der Waals surface area contributed by atoms with E-state index in [1.807, 2.05) is 30.3 Å². The van der Waals surface area contributed by atoms with Crippen LogP contribution in [0.4, 0.5) is 0 Å². The van der Waals surface area contributed by atoms with Crippen LogP contribution >= 0.6 is 0 Å². The van der Waals surface area contributed by atoms with Crippen LogP contribution in [0.3, 0.4) is 0 Å². The standard InChI is InChI=1S/C12H13N3O3/c1-2-17-12(16)10-14-11(18-15-10)9(13)8-6-4-3-5-7-8/h3-7,9H,2,13H2,1H3/t9-/m1/s1. The molecule has 0 unspecified atom stereocenters. The number of nitrogens with zero attached hydrogens (tertiary/aromatic N) is 2. The lowest BCUT2D eigenvalue weighted by Crippen LogP contribution is -2.13. The first-order valence-electron chi connectivity index (χ1n) is 5.53. The molecule has 1 atom stereocenters. The minimum absolute atomic E-state index is 0.113. The van der Waals surface area contributed by atoms with Gasteiger partial charge in [0.25, 0.3) is 5.82 Å². The van der Waals surface area contributed by atoms with Gasteiger partial charge in [-0.25, -0.2) is 4.79 Å². The molecule has 0 fully saturated rings. The molecule has 6 nitrogen and oxygen atoms in total. The Morgan fingerprint density at radius 1 is 1.44 bits per heavy atom. The predicted octanol–water partition coefficient (Wildman–Crippen LogP) is 1.29. The van der Waals surface area contributed by atoms with Gasteiger partial charge >= 0.3 is 5.97 Å². The highest BCUT2D eigenvalue weighted by Gasteiger charge is 2.20. The van der Waals surface area contributed by atoms with Crippen molar-refractivity contribution in [3.63, 3.8) is 0 Å². The van der Waals surface area contributed by atoms with Crippen molar-refractivity contribution in [1.82, 2.24) is 10.1 Å². The summed E-state index contributed by atoms with van der Waals surface area (Å²) in [6.07, 6.45) is 0. The number of ether oxygens (including phenoxy) is 1. The molecule has 94 valence electrons. The summed E-state index contributed by atoms with van der Waals surface area (Å²) < 4.78 is 9.72. The number of rotatable bonds is 4. The lowest BCUT2D eigenvalue weighted by molar-refractivity contribution is 0.0508. The Hall–Kier alpha value is -2.21. The molecule has 1 heterocycles. The number of benzene rings is 1. The van der Waals surface area contributed by atoms with E-state index in [1.165, 1.54) is 0 Å². The molecule has 0 saturated heterocycles. The average Bonchev–Trinajstić information content (AvgIpc) is 2.89. The zero-order valence-electron chi connectivity index (χ0n) is 9.87. The largest absolute Gasteiger partial charge is 0.460 e. The van der Waals surface area contributed by atoms with Gasteiger partial charge in [0.1, 0.15) is 6.04 Å². The van der Waals surface area contributed by atoms with Gasteiger partial charge in [-0.1, -0.05) is 30.3 Å². The van der Waals surface area contributed by atoms with E-state index in [0.717, 1.165) is 5.56 Å². The van der Waals surface area contributed by atoms with Crippen molar-refractivity contribution in [3.05, 3.63) is 47.6 Å². The van der Waals surface area contributed by atoms with Gasteiger partial charge in [-0.15, -0.1) is 0 Å². The molecule has 6 heteroatoms. The number of carbonyl (C=O) groups is 1. The second-order valence-corrected chi connectivity index (χ2v) is 3.57. The molecule has 18 heavy (non-hydrogen) atoms. The van der Waals surface area contributed by atoms with Crippen LogP contribution in [0.25, 0.3) is 0 Å². The number of carbonyl (C=O) groups excluding carboxylic acids is 1. The van der Waals surface area contributed by atoms with Crippen LogP contribution < -0.4 is 5.73 Å². The van der Waals surface area contributed by atoms with Gasteiger partial charge in [0.05, 0.1) is 6.61 Å². The SMILES string of the molecule is CCOC(=O)c1noc([C@H](N)c2ccccc2)n1. The molecule has 2 rings (SSSR count). The van der Waals surface area contributed by atoms with E-state index in [0.29, 0.717) is 0 Å². The third kappa shape index (κ3) is 2.54. The fraction of sp³-hybridized carbons (Fsp3) is 0.250. The molecule has 1 aromatic heterocycles. The Kier molecular flexibility index (Phi) is 3.69. The minimum atomic E-state index is -0.618. The highest BCUT2D eigenvalue weighted by Crippen LogP contribution is 2.17. The van der Waals surface area contributed by atoms with Crippen LogP contribution in [-0.4, -0.2) is 22.7 Å². The Balaban J connectivity index is 2.17. The molecule has 1 aromatic carbocycles. The van der Waals surface area contributed by atoms with Gasteiger partial charge in [0, 0.05) is 0 Å². The maximum atomic E-state index is 11.4. The number of hydrogen-bond acceptors (Lipinski definition) is 6. The first-order valence-corrected chi connectivity index (χ1v) is 5.53. The van der Waals surface area contributed by atoms with Gasteiger partial charge in [0.2, 0.25) is 5.89 Å². The van der Waals surface area contributed by atoms with Gasteiger partial charge in [0.15, 0.2) is 0 Å². The number of esters is 1. The van der Waals surface area contributed by atoms with Crippen LogP contribution in [0.1, 0.15) is 35.0 Å². The van der Waals surface area contributed by atoms with E-state index in [4.69, 9.17) is 15.0 Å². The van der Waals surface area contributed by atoms with Crippen molar-refractivity contribution < 1.29 is 14.1 Å². The molecule has 2 aromatic rings. The zero-order chi connectivity index (χ0) is 13.0. The second kappa shape index (κ2) is 5.42. The lowest BCUT2D eigenvalue weighted by Gasteiger charge is -2.05. The van der Waals surface area contributed by atoms with Gasteiger partial charge < -0.3 is 15.0 Å². The summed E-state index contributed by atoms with van der Waals surface area (Å²) in [5, 5.41) is 3.54. The van der Waals surface area contributed by atoms with E-state index >= 15 is 0 Å². The van der Waals surface area contributed by atoms with Crippen molar-refractivity contribution in [1.29, 1.82) is 0 Å². The van der Waals surface area contributed by atoms with E-state index < -0.39 is 12.0 Å². The third-order valence-electron chi connectivity index (χ3n) is 2.32. The van der Waals surface area contributed by atoms with E-state index in [1.54, 1.807) is 6.92 Å². The number of hydrogen-bond donors (Lipinski definition) is 1. The van der Waals surface area contributed by atoms with Gasteiger partial charge in [-0.3, -0.25) is 0 Å². The summed E-state index contributed by atoms with van der Waals surface area (Å²) in [7, 11) is 0. The molecule has 0 saturated carbocycles. The predicted molar refractivity (Wildman–Crippen MR) is 62.7 cm³/mol. The molecule has 0 radical (unpaired) electrons. The fourth-order valence-corrected chi connectivity index (χ4v) is 1.44. The summed E-state index contributed by atoms with van der Waals surface area (Å²) >= 11 is 0. The van der Waals surface area contributed by atoms with Gasteiger partial charge in [-0.05, 0) is 17.6 Å². The number of nitrogens with two attached hydrogens (primary N) is 1. The topological polar surface area (TPSA) is 91.2 Å². The summed E-state index contributed by atoms with van der Waals surface area (Å²) in [6, 6.07) is 8.74. The van der Waals surface area contributed by atoms with Crippen LogP contribution in [0, 0.1) is 0 Å². The van der Waals surface area contributed by atoms with Crippen molar-refractivity contribution >= 4 is 5.97 Å². The molecular formula is C12H13N3O3. The van der Waals surface area contributed by atoms with Crippen molar-refractivity contribution in [3.8, 4) is 0 Å². The zero-order valence-corrected chi connectivity index (χ0v) is 9.87. The van der Waals surface area contributed by atoms with Crippen LogP contribution in [0.2, 0.25) is 0 Å². The first kappa shape index (κ1) is 12.3. The second-order valence-electron chi connectivity index (χ2n) is 3.57. The van der Waals surface area contributed by atoms with Gasteiger partial charge in [-0.2, -0.15) is 4.98 Å². The highest BCUT2D eigenvalue weighted by atomic mass is 16.5. The normalized spacial score (nSPS) is 12.1. The van der Waals surface area contributed by atoms with Crippen LogP contribution in [0.5, 0.6) is 0 Å². The van der Waals surface area contributed by atoms with Crippen LogP contribution in [-0.2, 0) is 4.74 Å². The smallest absolute Gasteiger partial charge is 0.379 e. The maximum Gasteiger partial charge on any atom is 0.379 e. The summed E-state index contributed by atoms with van der Waals surface area (Å²) in [5.74, 6) is -0.546. The quantitative estimate of drug-likeness (QED) is 0.818. The maximum absolute atomic E-state index is 11.4. The van der Waals surface area contributed by atoms with E-state index in [2.05, 4.69) is 10.1 Å². The van der Waals surface area contributed by atoms with Crippen molar-refractivity contribution in [2.24, 2.45) is 5.73 Å². The first-order chi connectivity index (χ1) is 8.72. The fourth-order valence-electron chi connectivity index (χ4n) is 1.44. The minimum Gasteiger partial charge on any atom is -0.460 e.